The van der Waals surface area contributed by atoms with Crippen LogP contribution in [-0.2, 0) is 4.79 Å². The number of hydrogen-bond acceptors (Lipinski definition) is 4. The van der Waals surface area contributed by atoms with E-state index in [0.29, 0.717) is 10.4 Å². The number of amides is 1. The Morgan fingerprint density at radius 2 is 2.00 bits per heavy atom. The van der Waals surface area contributed by atoms with E-state index in [-0.39, 0.29) is 24.4 Å². The maximum atomic E-state index is 11.5. The van der Waals surface area contributed by atoms with Gasteiger partial charge in [-0.25, -0.2) is 9.97 Å². The molecule has 0 saturated carbocycles. The van der Waals surface area contributed by atoms with Crippen molar-refractivity contribution in [3.05, 3.63) is 16.5 Å². The molecule has 0 saturated heterocycles. The van der Waals surface area contributed by atoms with Crippen molar-refractivity contribution in [2.45, 2.75) is 39.7 Å². The van der Waals surface area contributed by atoms with Crippen molar-refractivity contribution in [2.75, 3.05) is 11.9 Å². The average Bonchev–Trinajstić information content (AvgIpc) is 2.24. The summed E-state index contributed by atoms with van der Waals surface area (Å²) in [7, 11) is 0. The molecule has 1 rings (SSSR count). The topological polar surface area (TPSA) is 66.9 Å². The first kappa shape index (κ1) is 14.9. The molecule has 0 fully saturated rings. The second-order valence-corrected chi connectivity index (χ2v) is 5.48. The number of aromatic nitrogens is 2. The first-order valence-corrected chi connectivity index (χ1v) is 6.75. The number of carbonyl (C=O) groups excluding carboxylic acids is 1. The maximum Gasteiger partial charge on any atom is 0.239 e. The highest BCUT2D eigenvalue weighted by Crippen LogP contribution is 2.17. The molecule has 0 aliphatic rings. The minimum atomic E-state index is -0.0502. The van der Waals surface area contributed by atoms with Crippen molar-refractivity contribution >= 4 is 27.7 Å². The van der Waals surface area contributed by atoms with Gasteiger partial charge in [0.05, 0.1) is 6.54 Å². The second-order valence-electron chi connectivity index (χ2n) is 4.66. The zero-order valence-electron chi connectivity index (χ0n) is 11.1. The van der Waals surface area contributed by atoms with Gasteiger partial charge in [0.25, 0.3) is 0 Å². The van der Waals surface area contributed by atoms with Crippen molar-refractivity contribution in [3.8, 4) is 0 Å². The molecule has 0 bridgehead atoms. The Balaban J connectivity index is 2.64. The summed E-state index contributed by atoms with van der Waals surface area (Å²) in [6.45, 7) is 8.11. The molecule has 2 N–H and O–H groups in total. The van der Waals surface area contributed by atoms with E-state index in [1.54, 1.807) is 6.07 Å². The van der Waals surface area contributed by atoms with Crippen LogP contribution in [0.15, 0.2) is 10.7 Å². The van der Waals surface area contributed by atoms with Gasteiger partial charge < -0.3 is 10.6 Å². The van der Waals surface area contributed by atoms with Crippen LogP contribution in [0.3, 0.4) is 0 Å². The molecule has 1 aromatic heterocycles. The van der Waals surface area contributed by atoms with Gasteiger partial charge >= 0.3 is 0 Å². The Bertz CT molecular complexity index is 421. The van der Waals surface area contributed by atoms with Gasteiger partial charge in [0.15, 0.2) is 0 Å². The molecule has 18 heavy (non-hydrogen) atoms. The molecule has 0 atom stereocenters. The van der Waals surface area contributed by atoms with Crippen LogP contribution in [0.4, 0.5) is 5.82 Å². The van der Waals surface area contributed by atoms with Gasteiger partial charge in [0.1, 0.15) is 16.2 Å². The molecule has 0 unspecified atom stereocenters. The Kier molecular flexibility index (Phi) is 5.53. The summed E-state index contributed by atoms with van der Waals surface area (Å²) in [4.78, 5) is 20.1. The summed E-state index contributed by atoms with van der Waals surface area (Å²) in [5.74, 6) is 1.59. The standard InChI is InChI=1S/C12H19BrN4O/c1-7(2)12-16-9(13)5-10(17-12)14-6-11(18)15-8(3)4/h5,7-8H,6H2,1-4H3,(H,15,18)(H,14,16,17). The van der Waals surface area contributed by atoms with Crippen LogP contribution in [0.5, 0.6) is 0 Å². The Hall–Kier alpha value is -1.17. The minimum absolute atomic E-state index is 0.0502. The highest BCUT2D eigenvalue weighted by atomic mass is 79.9. The maximum absolute atomic E-state index is 11.5. The molecular weight excluding hydrogens is 296 g/mol. The molecule has 0 radical (unpaired) electrons. The molecule has 0 aromatic carbocycles. The lowest BCUT2D eigenvalue weighted by Crippen LogP contribution is -2.35. The quantitative estimate of drug-likeness (QED) is 0.818. The van der Waals surface area contributed by atoms with E-state index in [9.17, 15) is 4.79 Å². The van der Waals surface area contributed by atoms with Crippen molar-refractivity contribution < 1.29 is 4.79 Å². The molecule has 0 spiro atoms. The predicted molar refractivity (Wildman–Crippen MR) is 75.6 cm³/mol. The number of carbonyl (C=O) groups is 1. The van der Waals surface area contributed by atoms with Gasteiger partial charge in [0.2, 0.25) is 5.91 Å². The summed E-state index contributed by atoms with van der Waals surface area (Å²) >= 11 is 3.34. The molecule has 1 heterocycles. The summed E-state index contributed by atoms with van der Waals surface area (Å²) in [5, 5.41) is 5.80. The summed E-state index contributed by atoms with van der Waals surface area (Å²) in [6, 6.07) is 1.90. The van der Waals surface area contributed by atoms with E-state index >= 15 is 0 Å². The normalized spacial score (nSPS) is 10.8. The number of rotatable bonds is 5. The summed E-state index contributed by atoms with van der Waals surface area (Å²) in [5.41, 5.74) is 0. The van der Waals surface area contributed by atoms with Crippen LogP contribution in [0.2, 0.25) is 0 Å². The fraction of sp³-hybridized carbons (Fsp3) is 0.583. The zero-order chi connectivity index (χ0) is 13.7. The zero-order valence-corrected chi connectivity index (χ0v) is 12.7. The van der Waals surface area contributed by atoms with Crippen LogP contribution in [0.25, 0.3) is 0 Å². The molecule has 100 valence electrons. The van der Waals surface area contributed by atoms with Crippen LogP contribution in [-0.4, -0.2) is 28.5 Å². The minimum Gasteiger partial charge on any atom is -0.361 e. The number of hydrogen-bond donors (Lipinski definition) is 2. The monoisotopic (exact) mass is 314 g/mol. The van der Waals surface area contributed by atoms with Gasteiger partial charge in [-0.2, -0.15) is 0 Å². The van der Waals surface area contributed by atoms with Crippen molar-refractivity contribution in [2.24, 2.45) is 0 Å². The number of anilines is 1. The van der Waals surface area contributed by atoms with Gasteiger partial charge in [-0.1, -0.05) is 13.8 Å². The highest BCUT2D eigenvalue weighted by Gasteiger charge is 2.08. The number of nitrogens with one attached hydrogen (secondary N) is 2. The molecular formula is C12H19BrN4O. The summed E-state index contributed by atoms with van der Waals surface area (Å²) in [6.07, 6.45) is 0. The molecule has 6 heteroatoms. The van der Waals surface area contributed by atoms with E-state index in [4.69, 9.17) is 0 Å². The number of halogens is 1. The highest BCUT2D eigenvalue weighted by molar-refractivity contribution is 9.10. The van der Waals surface area contributed by atoms with E-state index in [2.05, 4.69) is 36.5 Å². The molecule has 5 nitrogen and oxygen atoms in total. The van der Waals surface area contributed by atoms with E-state index in [1.165, 1.54) is 0 Å². The lowest BCUT2D eigenvalue weighted by Gasteiger charge is -2.11. The van der Waals surface area contributed by atoms with Crippen LogP contribution >= 0.6 is 15.9 Å². The average molecular weight is 315 g/mol. The molecule has 0 aliphatic heterocycles. The van der Waals surface area contributed by atoms with Crippen molar-refractivity contribution in [1.29, 1.82) is 0 Å². The van der Waals surface area contributed by atoms with E-state index in [1.807, 2.05) is 27.7 Å². The van der Waals surface area contributed by atoms with Crippen LogP contribution < -0.4 is 10.6 Å². The molecule has 1 amide bonds. The SMILES string of the molecule is CC(C)NC(=O)CNc1cc(Br)nc(C(C)C)n1. The van der Waals surface area contributed by atoms with E-state index < -0.39 is 0 Å². The smallest absolute Gasteiger partial charge is 0.239 e. The molecule has 1 aromatic rings. The van der Waals surface area contributed by atoms with Gasteiger partial charge in [-0.05, 0) is 29.8 Å². The van der Waals surface area contributed by atoms with Crippen molar-refractivity contribution in [3.63, 3.8) is 0 Å². The van der Waals surface area contributed by atoms with E-state index in [0.717, 1.165) is 5.82 Å². The largest absolute Gasteiger partial charge is 0.361 e. The Morgan fingerprint density at radius 3 is 2.56 bits per heavy atom. The lowest BCUT2D eigenvalue weighted by molar-refractivity contribution is -0.119. The van der Waals surface area contributed by atoms with Gasteiger partial charge in [-0.15, -0.1) is 0 Å². The Morgan fingerprint density at radius 1 is 1.33 bits per heavy atom. The number of nitrogens with zero attached hydrogens (tertiary/aromatic N) is 2. The van der Waals surface area contributed by atoms with Gasteiger partial charge in [0, 0.05) is 18.0 Å². The third kappa shape index (κ3) is 5.00. The molecule has 0 aliphatic carbocycles. The van der Waals surface area contributed by atoms with Crippen molar-refractivity contribution in [1.82, 2.24) is 15.3 Å². The first-order chi connectivity index (χ1) is 8.38. The summed E-state index contributed by atoms with van der Waals surface area (Å²) < 4.78 is 0.716. The third-order valence-electron chi connectivity index (χ3n) is 2.11. The Labute approximate surface area is 116 Å². The van der Waals surface area contributed by atoms with Gasteiger partial charge in [-0.3, -0.25) is 4.79 Å². The fourth-order valence-corrected chi connectivity index (χ4v) is 1.73. The van der Waals surface area contributed by atoms with Crippen LogP contribution in [0.1, 0.15) is 39.4 Å². The van der Waals surface area contributed by atoms with Crippen LogP contribution in [0, 0.1) is 0 Å². The lowest BCUT2D eigenvalue weighted by atomic mass is 10.2. The third-order valence-corrected chi connectivity index (χ3v) is 2.51. The second kappa shape index (κ2) is 6.68. The first-order valence-electron chi connectivity index (χ1n) is 5.96. The fourth-order valence-electron chi connectivity index (χ4n) is 1.33. The predicted octanol–water partition coefficient (Wildman–Crippen LogP) is 2.30.